The first kappa shape index (κ1) is 22.4. The quantitative estimate of drug-likeness (QED) is 0.409. The van der Waals surface area contributed by atoms with E-state index in [0.717, 1.165) is 26.9 Å². The van der Waals surface area contributed by atoms with Gasteiger partial charge < -0.3 is 10.1 Å². The van der Waals surface area contributed by atoms with Crippen LogP contribution in [0.3, 0.4) is 0 Å². The molecule has 1 N–H and O–H groups in total. The summed E-state index contributed by atoms with van der Waals surface area (Å²) in [6.07, 6.45) is 1.08. The molecule has 33 heavy (non-hydrogen) atoms. The molecule has 4 rings (SSSR count). The van der Waals surface area contributed by atoms with E-state index in [2.05, 4.69) is 5.32 Å². The Balaban J connectivity index is 1.47. The van der Waals surface area contributed by atoms with Crippen LogP contribution in [0, 0.1) is 0 Å². The molecule has 0 aromatic heterocycles. The molecule has 0 unspecified atom stereocenters. The minimum atomic E-state index is -3.68. The number of hydrogen-bond donors (Lipinski definition) is 1. The first-order valence-electron chi connectivity index (χ1n) is 10.4. The molecule has 0 aliphatic rings. The standard InChI is InChI=1S/C26H24N2O4S/c1-33(30,31)28(18-26(29)27-25-13-7-11-21-10-5-6-12-24(21)25)22-14-16-23(17-15-22)32-19-20-8-3-2-4-9-20/h2-17H,18-19H2,1H3,(H,27,29). The summed E-state index contributed by atoms with van der Waals surface area (Å²) in [7, 11) is -3.68. The van der Waals surface area contributed by atoms with Gasteiger partial charge >= 0.3 is 0 Å². The monoisotopic (exact) mass is 460 g/mol. The molecule has 0 aliphatic carbocycles. The average molecular weight is 461 g/mol. The molecule has 0 saturated carbocycles. The van der Waals surface area contributed by atoms with Gasteiger partial charge in [-0.15, -0.1) is 0 Å². The lowest BCUT2D eigenvalue weighted by Crippen LogP contribution is -2.37. The first-order chi connectivity index (χ1) is 15.9. The van der Waals surface area contributed by atoms with E-state index in [1.165, 1.54) is 0 Å². The molecule has 6 nitrogen and oxygen atoms in total. The summed E-state index contributed by atoms with van der Waals surface area (Å²) >= 11 is 0. The van der Waals surface area contributed by atoms with Crippen molar-refractivity contribution in [3.8, 4) is 5.75 Å². The van der Waals surface area contributed by atoms with E-state index in [1.807, 2.05) is 66.7 Å². The van der Waals surface area contributed by atoms with Crippen LogP contribution in [0.25, 0.3) is 10.8 Å². The Labute approximate surface area is 193 Å². The fourth-order valence-electron chi connectivity index (χ4n) is 3.50. The van der Waals surface area contributed by atoms with Gasteiger partial charge in [0.05, 0.1) is 11.9 Å². The molecule has 0 saturated heterocycles. The molecule has 0 heterocycles. The predicted octanol–water partition coefficient (Wildman–Crippen LogP) is 4.82. The molecule has 0 atom stereocenters. The van der Waals surface area contributed by atoms with Gasteiger partial charge in [0.25, 0.3) is 0 Å². The summed E-state index contributed by atoms with van der Waals surface area (Å²) < 4.78 is 31.7. The SMILES string of the molecule is CS(=O)(=O)N(CC(=O)Nc1cccc2ccccc12)c1ccc(OCc2ccccc2)cc1. The summed E-state index contributed by atoms with van der Waals surface area (Å²) in [5.74, 6) is 0.178. The zero-order valence-corrected chi connectivity index (χ0v) is 19.0. The van der Waals surface area contributed by atoms with Gasteiger partial charge in [-0.2, -0.15) is 0 Å². The van der Waals surface area contributed by atoms with Crippen molar-refractivity contribution in [3.05, 3.63) is 103 Å². The van der Waals surface area contributed by atoms with Gasteiger partial charge in [0.2, 0.25) is 15.9 Å². The molecule has 0 bridgehead atoms. The Morgan fingerprint density at radius 1 is 0.848 bits per heavy atom. The smallest absolute Gasteiger partial charge is 0.245 e. The van der Waals surface area contributed by atoms with Gasteiger partial charge in [-0.05, 0) is 41.3 Å². The molecule has 4 aromatic rings. The van der Waals surface area contributed by atoms with E-state index in [-0.39, 0.29) is 6.54 Å². The lowest BCUT2D eigenvalue weighted by molar-refractivity contribution is -0.114. The van der Waals surface area contributed by atoms with Gasteiger partial charge in [-0.3, -0.25) is 9.10 Å². The number of sulfonamides is 1. The maximum Gasteiger partial charge on any atom is 0.245 e. The molecule has 168 valence electrons. The number of ether oxygens (including phenoxy) is 1. The van der Waals surface area contributed by atoms with E-state index in [0.29, 0.717) is 23.7 Å². The van der Waals surface area contributed by atoms with Crippen LogP contribution in [0.1, 0.15) is 5.56 Å². The van der Waals surface area contributed by atoms with Crippen LogP contribution in [-0.2, 0) is 21.4 Å². The van der Waals surface area contributed by atoms with Crippen molar-refractivity contribution in [1.82, 2.24) is 0 Å². The summed E-state index contributed by atoms with van der Waals surface area (Å²) in [6.45, 7) is 0.0652. The van der Waals surface area contributed by atoms with Crippen molar-refractivity contribution in [1.29, 1.82) is 0 Å². The van der Waals surface area contributed by atoms with Crippen LogP contribution in [0.4, 0.5) is 11.4 Å². The number of carbonyl (C=O) groups is 1. The first-order valence-corrected chi connectivity index (χ1v) is 12.3. The lowest BCUT2D eigenvalue weighted by atomic mass is 10.1. The van der Waals surface area contributed by atoms with Crippen molar-refractivity contribution in [2.24, 2.45) is 0 Å². The normalized spacial score (nSPS) is 11.2. The van der Waals surface area contributed by atoms with Crippen molar-refractivity contribution in [2.45, 2.75) is 6.61 Å². The number of fused-ring (bicyclic) bond motifs is 1. The third-order valence-corrected chi connectivity index (χ3v) is 6.26. The number of carbonyl (C=O) groups excluding carboxylic acids is 1. The second-order valence-corrected chi connectivity index (χ2v) is 9.52. The number of rotatable bonds is 8. The molecule has 1 amide bonds. The molecule has 0 spiro atoms. The number of amides is 1. The number of nitrogens with zero attached hydrogens (tertiary/aromatic N) is 1. The van der Waals surface area contributed by atoms with Crippen LogP contribution < -0.4 is 14.4 Å². The third-order valence-electron chi connectivity index (χ3n) is 5.12. The molecular formula is C26H24N2O4S. The minimum Gasteiger partial charge on any atom is -0.489 e. The van der Waals surface area contributed by atoms with E-state index in [4.69, 9.17) is 4.74 Å². The Morgan fingerprint density at radius 2 is 1.52 bits per heavy atom. The second kappa shape index (κ2) is 9.75. The molecule has 4 aromatic carbocycles. The summed E-state index contributed by atoms with van der Waals surface area (Å²) in [6, 6.07) is 29.7. The highest BCUT2D eigenvalue weighted by Crippen LogP contribution is 2.25. The van der Waals surface area contributed by atoms with Gasteiger partial charge in [-0.25, -0.2) is 8.42 Å². The zero-order valence-electron chi connectivity index (χ0n) is 18.1. The number of benzene rings is 4. The highest BCUT2D eigenvalue weighted by atomic mass is 32.2. The summed E-state index contributed by atoms with van der Waals surface area (Å²) in [5.41, 5.74) is 2.05. The molecular weight excluding hydrogens is 436 g/mol. The maximum absolute atomic E-state index is 12.8. The Kier molecular flexibility index (Phi) is 6.60. The van der Waals surface area contributed by atoms with Gasteiger partial charge in [0.15, 0.2) is 0 Å². The van der Waals surface area contributed by atoms with E-state index >= 15 is 0 Å². The fraction of sp³-hybridized carbons (Fsp3) is 0.115. The number of nitrogens with one attached hydrogen (secondary N) is 1. The second-order valence-electron chi connectivity index (χ2n) is 7.61. The van der Waals surface area contributed by atoms with Crippen molar-refractivity contribution in [2.75, 3.05) is 22.4 Å². The lowest BCUT2D eigenvalue weighted by Gasteiger charge is -2.22. The Hall–Kier alpha value is -3.84. The highest BCUT2D eigenvalue weighted by molar-refractivity contribution is 7.92. The van der Waals surface area contributed by atoms with E-state index in [9.17, 15) is 13.2 Å². The topological polar surface area (TPSA) is 75.7 Å². The summed E-state index contributed by atoms with van der Waals surface area (Å²) in [4.78, 5) is 12.8. The third kappa shape index (κ3) is 5.70. The zero-order chi connectivity index (χ0) is 23.3. The number of anilines is 2. The van der Waals surface area contributed by atoms with E-state index < -0.39 is 15.9 Å². The van der Waals surface area contributed by atoms with Crippen molar-refractivity contribution < 1.29 is 17.9 Å². The highest BCUT2D eigenvalue weighted by Gasteiger charge is 2.21. The predicted molar refractivity (Wildman–Crippen MR) is 132 cm³/mol. The Bertz CT molecular complexity index is 1350. The summed E-state index contributed by atoms with van der Waals surface area (Å²) in [5, 5.41) is 4.71. The number of hydrogen-bond acceptors (Lipinski definition) is 4. The molecule has 0 fully saturated rings. The Morgan fingerprint density at radius 3 is 2.24 bits per heavy atom. The molecule has 7 heteroatoms. The van der Waals surface area contributed by atoms with E-state index in [1.54, 1.807) is 30.3 Å². The largest absolute Gasteiger partial charge is 0.489 e. The van der Waals surface area contributed by atoms with Crippen molar-refractivity contribution >= 4 is 38.1 Å². The molecule has 0 aliphatic heterocycles. The maximum atomic E-state index is 12.8. The average Bonchev–Trinajstić information content (AvgIpc) is 2.82. The van der Waals surface area contributed by atoms with Gasteiger partial charge in [0.1, 0.15) is 18.9 Å². The van der Waals surface area contributed by atoms with Crippen LogP contribution >= 0.6 is 0 Å². The molecule has 0 radical (unpaired) electrons. The van der Waals surface area contributed by atoms with Crippen LogP contribution in [0.15, 0.2) is 97.1 Å². The van der Waals surface area contributed by atoms with Crippen LogP contribution in [0.5, 0.6) is 5.75 Å². The minimum absolute atomic E-state index is 0.341. The fourth-order valence-corrected chi connectivity index (χ4v) is 4.36. The van der Waals surface area contributed by atoms with Crippen LogP contribution in [-0.4, -0.2) is 27.1 Å². The van der Waals surface area contributed by atoms with Gasteiger partial charge in [0, 0.05) is 11.1 Å². The van der Waals surface area contributed by atoms with Crippen molar-refractivity contribution in [3.63, 3.8) is 0 Å². The van der Waals surface area contributed by atoms with Gasteiger partial charge in [-0.1, -0.05) is 66.7 Å². The van der Waals surface area contributed by atoms with Crippen LogP contribution in [0.2, 0.25) is 0 Å².